The van der Waals surface area contributed by atoms with Crippen molar-refractivity contribution >= 4 is 5.91 Å². The van der Waals surface area contributed by atoms with Gasteiger partial charge >= 0.3 is 0 Å². The van der Waals surface area contributed by atoms with Crippen molar-refractivity contribution in [3.05, 3.63) is 60.0 Å². The zero-order chi connectivity index (χ0) is 22.2. The Hall–Kier alpha value is -3.35. The summed E-state index contributed by atoms with van der Waals surface area (Å²) in [6.07, 6.45) is 1.62. The number of amides is 1. The average Bonchev–Trinajstić information content (AvgIpc) is 3.26. The molecule has 0 aliphatic rings. The lowest BCUT2D eigenvalue weighted by Crippen LogP contribution is -2.36. The van der Waals surface area contributed by atoms with Crippen molar-refractivity contribution in [3.8, 4) is 22.9 Å². The number of carbonyl (C=O) groups is 1. The van der Waals surface area contributed by atoms with Crippen LogP contribution in [0.15, 0.2) is 53.1 Å². The molecule has 164 valence electrons. The van der Waals surface area contributed by atoms with Gasteiger partial charge in [-0.05, 0) is 44.0 Å². The highest BCUT2D eigenvalue weighted by molar-refractivity contribution is 5.76. The molecule has 0 bridgehead atoms. The highest BCUT2D eigenvalue weighted by Gasteiger charge is 2.18. The van der Waals surface area contributed by atoms with Crippen LogP contribution >= 0.6 is 0 Å². The van der Waals surface area contributed by atoms with Gasteiger partial charge in [0.1, 0.15) is 0 Å². The number of hydrogen-bond donors (Lipinski definition) is 0. The molecule has 3 aromatic rings. The summed E-state index contributed by atoms with van der Waals surface area (Å²) in [6, 6.07) is 15.6. The first kappa shape index (κ1) is 22.3. The summed E-state index contributed by atoms with van der Waals surface area (Å²) >= 11 is 0. The van der Waals surface area contributed by atoms with E-state index in [1.807, 2.05) is 55.1 Å². The number of methoxy groups -OCH3 is 2. The standard InChI is InChI=1S/C24H29N3O4/c1-17(2)27(16-18-9-6-5-7-10-18)23(28)12-8-11-22-25-24(26-31-22)19-13-14-20(29-3)21(15-19)30-4/h5-7,9-10,13-15,17H,8,11-12,16H2,1-4H3. The van der Waals surface area contributed by atoms with E-state index < -0.39 is 0 Å². The summed E-state index contributed by atoms with van der Waals surface area (Å²) < 4.78 is 16.0. The van der Waals surface area contributed by atoms with E-state index in [1.165, 1.54) is 0 Å². The monoisotopic (exact) mass is 423 g/mol. The van der Waals surface area contributed by atoms with Crippen molar-refractivity contribution in [1.29, 1.82) is 0 Å². The molecule has 0 spiro atoms. The van der Waals surface area contributed by atoms with Gasteiger partial charge < -0.3 is 18.9 Å². The fourth-order valence-electron chi connectivity index (χ4n) is 3.32. The van der Waals surface area contributed by atoms with E-state index in [-0.39, 0.29) is 11.9 Å². The van der Waals surface area contributed by atoms with Crippen molar-refractivity contribution in [2.75, 3.05) is 14.2 Å². The second-order valence-corrected chi connectivity index (χ2v) is 7.54. The lowest BCUT2D eigenvalue weighted by atomic mass is 10.1. The van der Waals surface area contributed by atoms with Gasteiger partial charge in [-0.2, -0.15) is 4.98 Å². The second-order valence-electron chi connectivity index (χ2n) is 7.54. The maximum atomic E-state index is 12.8. The molecule has 0 N–H and O–H groups in total. The topological polar surface area (TPSA) is 77.7 Å². The van der Waals surface area contributed by atoms with Gasteiger partial charge in [-0.25, -0.2) is 0 Å². The molecule has 2 aromatic carbocycles. The van der Waals surface area contributed by atoms with Gasteiger partial charge in [-0.3, -0.25) is 4.79 Å². The van der Waals surface area contributed by atoms with E-state index in [0.29, 0.717) is 49.0 Å². The number of hydrogen-bond acceptors (Lipinski definition) is 6. The molecule has 1 heterocycles. The van der Waals surface area contributed by atoms with Gasteiger partial charge in [-0.1, -0.05) is 35.5 Å². The molecule has 3 rings (SSSR count). The van der Waals surface area contributed by atoms with Crippen LogP contribution in [-0.4, -0.2) is 41.2 Å². The van der Waals surface area contributed by atoms with Crippen LogP contribution in [0.1, 0.15) is 38.1 Å². The quantitative estimate of drug-likeness (QED) is 0.477. The minimum atomic E-state index is 0.124. The van der Waals surface area contributed by atoms with Crippen LogP contribution < -0.4 is 9.47 Å². The van der Waals surface area contributed by atoms with E-state index >= 15 is 0 Å². The number of rotatable bonds is 10. The van der Waals surface area contributed by atoms with Crippen molar-refractivity contribution in [2.24, 2.45) is 0 Å². The van der Waals surface area contributed by atoms with Gasteiger partial charge in [0, 0.05) is 31.0 Å². The molecule has 7 heteroatoms. The third kappa shape index (κ3) is 5.84. The summed E-state index contributed by atoms with van der Waals surface area (Å²) in [7, 11) is 3.17. The number of carbonyl (C=O) groups excluding carboxylic acids is 1. The van der Waals surface area contributed by atoms with E-state index in [2.05, 4.69) is 10.1 Å². The van der Waals surface area contributed by atoms with E-state index in [0.717, 1.165) is 11.1 Å². The Kier molecular flexibility index (Phi) is 7.65. The maximum Gasteiger partial charge on any atom is 0.226 e. The van der Waals surface area contributed by atoms with Crippen LogP contribution in [0.25, 0.3) is 11.4 Å². The Morgan fingerprint density at radius 2 is 1.81 bits per heavy atom. The number of ether oxygens (including phenoxy) is 2. The third-order valence-corrected chi connectivity index (χ3v) is 5.03. The van der Waals surface area contributed by atoms with Gasteiger partial charge in [0.25, 0.3) is 0 Å². The lowest BCUT2D eigenvalue weighted by molar-refractivity contribution is -0.133. The van der Waals surface area contributed by atoms with Crippen LogP contribution in [0.4, 0.5) is 0 Å². The zero-order valence-electron chi connectivity index (χ0n) is 18.5. The molecule has 0 saturated heterocycles. The van der Waals surface area contributed by atoms with Crippen LogP contribution in [0.3, 0.4) is 0 Å². The number of aromatic nitrogens is 2. The molecule has 1 aromatic heterocycles. The number of benzene rings is 2. The molecule has 0 saturated carbocycles. The normalized spacial score (nSPS) is 10.9. The molecule has 7 nitrogen and oxygen atoms in total. The first-order valence-electron chi connectivity index (χ1n) is 10.4. The lowest BCUT2D eigenvalue weighted by Gasteiger charge is -2.27. The first-order chi connectivity index (χ1) is 15.0. The molecular weight excluding hydrogens is 394 g/mol. The Balaban J connectivity index is 1.57. The van der Waals surface area contributed by atoms with Crippen LogP contribution in [0.2, 0.25) is 0 Å². The third-order valence-electron chi connectivity index (χ3n) is 5.03. The maximum absolute atomic E-state index is 12.8. The predicted molar refractivity (Wildman–Crippen MR) is 118 cm³/mol. The molecule has 0 aliphatic heterocycles. The summed E-state index contributed by atoms with van der Waals surface area (Å²) in [5.74, 6) is 2.35. The molecular formula is C24H29N3O4. The van der Waals surface area contributed by atoms with Crippen molar-refractivity contribution in [3.63, 3.8) is 0 Å². The fraction of sp³-hybridized carbons (Fsp3) is 0.375. The Labute approximate surface area is 183 Å². The van der Waals surface area contributed by atoms with Gasteiger partial charge in [0.15, 0.2) is 11.5 Å². The highest BCUT2D eigenvalue weighted by Crippen LogP contribution is 2.31. The molecule has 1 amide bonds. The van der Waals surface area contributed by atoms with Crippen LogP contribution in [-0.2, 0) is 17.8 Å². The van der Waals surface area contributed by atoms with Gasteiger partial charge in [0.05, 0.1) is 14.2 Å². The second kappa shape index (κ2) is 10.6. The summed E-state index contributed by atoms with van der Waals surface area (Å²) in [5.41, 5.74) is 1.90. The molecule has 0 unspecified atom stereocenters. The van der Waals surface area contributed by atoms with Crippen molar-refractivity contribution < 1.29 is 18.8 Å². The largest absolute Gasteiger partial charge is 0.493 e. The van der Waals surface area contributed by atoms with Crippen molar-refractivity contribution in [1.82, 2.24) is 15.0 Å². The minimum absolute atomic E-state index is 0.124. The van der Waals surface area contributed by atoms with Gasteiger partial charge in [-0.15, -0.1) is 0 Å². The summed E-state index contributed by atoms with van der Waals surface area (Å²) in [6.45, 7) is 4.68. The Morgan fingerprint density at radius 1 is 1.06 bits per heavy atom. The first-order valence-corrected chi connectivity index (χ1v) is 10.4. The van der Waals surface area contributed by atoms with Crippen molar-refractivity contribution in [2.45, 2.75) is 45.7 Å². The number of nitrogens with zero attached hydrogens (tertiary/aromatic N) is 3. The SMILES string of the molecule is COc1ccc(-c2noc(CCCC(=O)N(Cc3ccccc3)C(C)C)n2)cc1OC. The van der Waals surface area contributed by atoms with Crippen LogP contribution in [0.5, 0.6) is 11.5 Å². The predicted octanol–water partition coefficient (Wildman–Crippen LogP) is 4.51. The Bertz CT molecular complexity index is 985. The molecule has 0 aliphatic carbocycles. The zero-order valence-corrected chi connectivity index (χ0v) is 18.5. The average molecular weight is 424 g/mol. The van der Waals surface area contributed by atoms with Crippen LogP contribution in [0, 0.1) is 0 Å². The Morgan fingerprint density at radius 3 is 2.48 bits per heavy atom. The number of aryl methyl sites for hydroxylation is 1. The van der Waals surface area contributed by atoms with E-state index in [4.69, 9.17) is 14.0 Å². The minimum Gasteiger partial charge on any atom is -0.493 e. The van der Waals surface area contributed by atoms with Gasteiger partial charge in [0.2, 0.25) is 17.6 Å². The highest BCUT2D eigenvalue weighted by atomic mass is 16.5. The molecule has 0 atom stereocenters. The smallest absolute Gasteiger partial charge is 0.226 e. The van der Waals surface area contributed by atoms with E-state index in [9.17, 15) is 4.79 Å². The molecule has 0 fully saturated rings. The fourth-order valence-corrected chi connectivity index (χ4v) is 3.32. The van der Waals surface area contributed by atoms with E-state index in [1.54, 1.807) is 26.4 Å². The summed E-state index contributed by atoms with van der Waals surface area (Å²) in [4.78, 5) is 19.1. The molecule has 31 heavy (non-hydrogen) atoms. The molecule has 0 radical (unpaired) electrons. The summed E-state index contributed by atoms with van der Waals surface area (Å²) in [5, 5.41) is 4.06.